The van der Waals surface area contributed by atoms with Gasteiger partial charge in [0, 0.05) is 16.8 Å². The highest BCUT2D eigenvalue weighted by molar-refractivity contribution is 5.80. The highest BCUT2D eigenvalue weighted by atomic mass is 19.1. The summed E-state index contributed by atoms with van der Waals surface area (Å²) in [6, 6.07) is 16.0. The van der Waals surface area contributed by atoms with Gasteiger partial charge in [0.2, 0.25) is 5.82 Å². The van der Waals surface area contributed by atoms with E-state index in [1.807, 2.05) is 69.3 Å². The molecule has 0 atom stereocenters. The molecule has 4 aromatic rings. The Bertz CT molecular complexity index is 1300. The summed E-state index contributed by atoms with van der Waals surface area (Å²) in [5.41, 5.74) is 4.53. The molecule has 34 heavy (non-hydrogen) atoms. The smallest absolute Gasteiger partial charge is 0.292 e. The zero-order chi connectivity index (χ0) is 24.3. The normalized spacial score (nSPS) is 11.8. The Morgan fingerprint density at radius 3 is 2.29 bits per heavy atom. The Kier molecular flexibility index (Phi) is 6.77. The fourth-order valence-corrected chi connectivity index (χ4v) is 4.43. The van der Waals surface area contributed by atoms with Crippen molar-refractivity contribution < 1.29 is 4.39 Å². The molecule has 7 nitrogen and oxygen atoms in total. The van der Waals surface area contributed by atoms with Gasteiger partial charge in [-0.1, -0.05) is 61.9 Å². The molecule has 0 unspecified atom stereocenters. The van der Waals surface area contributed by atoms with Crippen LogP contribution >= 0.6 is 0 Å². The number of halogens is 1. The fourth-order valence-electron chi connectivity index (χ4n) is 4.43. The standard InChI is InChI=1S/C26H31FN6O/c1-5-6-11-22-23(16-27)33(26(2,3)4)25(34)32(22)17-18-12-14-19(15-13-18)20-9-7-8-10-21(20)24-28-30-31-29-24/h7-10,12-15H,5-6,11,16-17H2,1-4H3,(H,28,29,30,31). The average Bonchev–Trinajstić information content (AvgIpc) is 3.45. The van der Waals surface area contributed by atoms with Crippen molar-refractivity contribution in [2.75, 3.05) is 0 Å². The molecule has 0 aliphatic heterocycles. The van der Waals surface area contributed by atoms with Crippen molar-refractivity contribution in [1.29, 1.82) is 0 Å². The summed E-state index contributed by atoms with van der Waals surface area (Å²) < 4.78 is 17.5. The summed E-state index contributed by atoms with van der Waals surface area (Å²) in [5, 5.41) is 14.4. The van der Waals surface area contributed by atoms with Gasteiger partial charge in [-0.05, 0) is 55.5 Å². The topological polar surface area (TPSA) is 81.4 Å². The molecule has 0 saturated heterocycles. The lowest BCUT2D eigenvalue weighted by molar-refractivity contribution is 0.346. The van der Waals surface area contributed by atoms with Crippen LogP contribution in [0.3, 0.4) is 0 Å². The zero-order valence-electron chi connectivity index (χ0n) is 20.2. The SMILES string of the molecule is CCCCc1c(CF)n(C(C)(C)C)c(=O)n1Cc1ccc(-c2ccccc2-c2nn[nH]n2)cc1. The number of nitrogens with one attached hydrogen (secondary N) is 1. The molecule has 0 aliphatic carbocycles. The summed E-state index contributed by atoms with van der Waals surface area (Å²) in [6.45, 7) is 7.68. The van der Waals surface area contributed by atoms with Crippen LogP contribution in [-0.2, 0) is 25.2 Å². The second-order valence-electron chi connectivity index (χ2n) is 9.48. The Morgan fingerprint density at radius 1 is 1.00 bits per heavy atom. The van der Waals surface area contributed by atoms with Crippen LogP contribution in [0.5, 0.6) is 0 Å². The van der Waals surface area contributed by atoms with Gasteiger partial charge in [0.05, 0.1) is 12.2 Å². The molecular formula is C26H31FN6O. The molecule has 0 saturated carbocycles. The number of rotatable bonds is 8. The van der Waals surface area contributed by atoms with Crippen LogP contribution in [0.2, 0.25) is 0 Å². The first-order valence-corrected chi connectivity index (χ1v) is 11.7. The van der Waals surface area contributed by atoms with Crippen molar-refractivity contribution in [3.63, 3.8) is 0 Å². The van der Waals surface area contributed by atoms with Crippen molar-refractivity contribution in [1.82, 2.24) is 29.8 Å². The predicted octanol–water partition coefficient (Wildman–Crippen LogP) is 5.11. The maximum Gasteiger partial charge on any atom is 0.329 e. The molecule has 0 aliphatic rings. The number of aromatic nitrogens is 6. The maximum absolute atomic E-state index is 14.1. The average molecular weight is 463 g/mol. The number of aromatic amines is 1. The maximum atomic E-state index is 14.1. The van der Waals surface area contributed by atoms with Crippen molar-refractivity contribution in [2.45, 2.75) is 65.7 Å². The summed E-state index contributed by atoms with van der Waals surface area (Å²) >= 11 is 0. The van der Waals surface area contributed by atoms with Crippen LogP contribution in [-0.4, -0.2) is 29.8 Å². The number of nitrogens with zero attached hydrogens (tertiary/aromatic N) is 5. The van der Waals surface area contributed by atoms with E-state index in [4.69, 9.17) is 0 Å². The summed E-state index contributed by atoms with van der Waals surface area (Å²) in [4.78, 5) is 13.4. The van der Waals surface area contributed by atoms with Gasteiger partial charge < -0.3 is 0 Å². The minimum absolute atomic E-state index is 0.155. The first kappa shape index (κ1) is 23.6. The molecule has 2 aromatic carbocycles. The molecular weight excluding hydrogens is 431 g/mol. The Labute approximate surface area is 198 Å². The van der Waals surface area contributed by atoms with Crippen LogP contribution in [0.25, 0.3) is 22.5 Å². The highest BCUT2D eigenvalue weighted by Crippen LogP contribution is 2.30. The molecule has 8 heteroatoms. The fraction of sp³-hybridized carbons (Fsp3) is 0.385. The number of alkyl halides is 1. The molecule has 0 radical (unpaired) electrons. The Morgan fingerprint density at radius 2 is 1.71 bits per heavy atom. The van der Waals surface area contributed by atoms with Gasteiger partial charge in [-0.25, -0.2) is 9.18 Å². The zero-order valence-corrected chi connectivity index (χ0v) is 20.2. The second-order valence-corrected chi connectivity index (χ2v) is 9.48. The van der Waals surface area contributed by atoms with E-state index in [2.05, 4.69) is 27.5 Å². The van der Waals surface area contributed by atoms with Crippen molar-refractivity contribution in [2.24, 2.45) is 0 Å². The molecule has 0 spiro atoms. The molecule has 2 aromatic heterocycles. The van der Waals surface area contributed by atoms with Crippen molar-refractivity contribution >= 4 is 0 Å². The highest BCUT2D eigenvalue weighted by Gasteiger charge is 2.26. The van der Waals surface area contributed by atoms with E-state index < -0.39 is 12.2 Å². The minimum atomic E-state index is -0.648. The van der Waals surface area contributed by atoms with Crippen LogP contribution in [0.1, 0.15) is 57.5 Å². The van der Waals surface area contributed by atoms with E-state index >= 15 is 0 Å². The third-order valence-electron chi connectivity index (χ3n) is 6.03. The molecule has 2 heterocycles. The van der Waals surface area contributed by atoms with Crippen molar-refractivity contribution in [3.8, 4) is 22.5 Å². The van der Waals surface area contributed by atoms with Gasteiger partial charge in [0.15, 0.2) is 0 Å². The Balaban J connectivity index is 1.70. The van der Waals surface area contributed by atoms with Gasteiger partial charge in [0.1, 0.15) is 6.67 Å². The van der Waals surface area contributed by atoms with E-state index in [1.54, 1.807) is 9.13 Å². The number of H-pyrrole nitrogens is 1. The quantitative estimate of drug-likeness (QED) is 0.394. The van der Waals surface area contributed by atoms with Crippen molar-refractivity contribution in [3.05, 3.63) is 76.0 Å². The van der Waals surface area contributed by atoms with E-state index in [0.29, 0.717) is 24.5 Å². The molecule has 0 amide bonds. The number of hydrogen-bond acceptors (Lipinski definition) is 4. The van der Waals surface area contributed by atoms with Gasteiger partial charge in [-0.3, -0.25) is 9.13 Å². The number of unbranched alkanes of at least 4 members (excludes halogenated alkanes) is 1. The first-order chi connectivity index (χ1) is 16.3. The summed E-state index contributed by atoms with van der Waals surface area (Å²) in [6.07, 6.45) is 2.58. The minimum Gasteiger partial charge on any atom is -0.292 e. The lowest BCUT2D eigenvalue weighted by atomic mass is 9.98. The third-order valence-corrected chi connectivity index (χ3v) is 6.03. The van der Waals surface area contributed by atoms with Gasteiger partial charge >= 0.3 is 5.69 Å². The summed E-state index contributed by atoms with van der Waals surface area (Å²) in [5.74, 6) is 0.536. The van der Waals surface area contributed by atoms with Crippen LogP contribution in [0.4, 0.5) is 4.39 Å². The van der Waals surface area contributed by atoms with Gasteiger partial charge in [0.25, 0.3) is 0 Å². The Hall–Kier alpha value is -3.55. The lowest BCUT2D eigenvalue weighted by Crippen LogP contribution is -2.36. The van der Waals surface area contributed by atoms with Gasteiger partial charge in [-0.15, -0.1) is 10.2 Å². The lowest BCUT2D eigenvalue weighted by Gasteiger charge is -2.22. The monoisotopic (exact) mass is 462 g/mol. The first-order valence-electron chi connectivity index (χ1n) is 11.7. The van der Waals surface area contributed by atoms with E-state index in [1.165, 1.54) is 0 Å². The van der Waals surface area contributed by atoms with E-state index in [9.17, 15) is 9.18 Å². The van der Waals surface area contributed by atoms with Crippen LogP contribution < -0.4 is 5.69 Å². The molecule has 1 N–H and O–H groups in total. The summed E-state index contributed by atoms with van der Waals surface area (Å²) in [7, 11) is 0. The second kappa shape index (κ2) is 9.75. The molecule has 178 valence electrons. The van der Waals surface area contributed by atoms with E-state index in [-0.39, 0.29) is 5.69 Å². The third kappa shape index (κ3) is 4.58. The predicted molar refractivity (Wildman–Crippen MR) is 131 cm³/mol. The molecule has 0 bridgehead atoms. The molecule has 0 fully saturated rings. The van der Waals surface area contributed by atoms with E-state index in [0.717, 1.165) is 40.8 Å². The number of benzene rings is 2. The van der Waals surface area contributed by atoms with Gasteiger partial charge in [-0.2, -0.15) is 5.21 Å². The van der Waals surface area contributed by atoms with Crippen LogP contribution in [0, 0.1) is 0 Å². The number of tetrazole rings is 1. The van der Waals surface area contributed by atoms with Crippen LogP contribution in [0.15, 0.2) is 53.3 Å². The number of hydrogen-bond donors (Lipinski definition) is 1. The largest absolute Gasteiger partial charge is 0.329 e. The molecule has 4 rings (SSSR count). The number of imidazole rings is 1.